The van der Waals surface area contributed by atoms with Gasteiger partial charge >= 0.3 is 0 Å². The van der Waals surface area contributed by atoms with Gasteiger partial charge in [-0.25, -0.2) is 4.98 Å². The molecule has 0 bridgehead atoms. The maximum absolute atomic E-state index is 12.4. The minimum atomic E-state index is -0.0710. The van der Waals surface area contributed by atoms with E-state index in [9.17, 15) is 4.79 Å². The molecule has 120 valence electrons. The molecule has 0 aromatic carbocycles. The largest absolute Gasteiger partial charge is 0.485 e. The first-order valence-electron chi connectivity index (χ1n) is 7.52. The van der Waals surface area contributed by atoms with Crippen LogP contribution in [0.1, 0.15) is 10.5 Å². The Hall–Kier alpha value is -2.19. The Morgan fingerprint density at radius 2 is 2.00 bits per heavy atom. The zero-order chi connectivity index (χ0) is 15.6. The van der Waals surface area contributed by atoms with Crippen molar-refractivity contribution in [2.24, 2.45) is 0 Å². The van der Waals surface area contributed by atoms with E-state index >= 15 is 0 Å². The number of ether oxygens (including phenoxy) is 2. The number of fused-ring (bicyclic) bond motifs is 1. The van der Waals surface area contributed by atoms with Gasteiger partial charge in [-0.15, -0.1) is 11.3 Å². The average molecular weight is 332 g/mol. The van der Waals surface area contributed by atoms with Gasteiger partial charge in [0, 0.05) is 31.6 Å². The van der Waals surface area contributed by atoms with Crippen LogP contribution < -0.4 is 14.8 Å². The third-order valence-electron chi connectivity index (χ3n) is 3.81. The van der Waals surface area contributed by atoms with Crippen molar-refractivity contribution < 1.29 is 14.3 Å². The van der Waals surface area contributed by atoms with Crippen LogP contribution in [0.2, 0.25) is 0 Å². The predicted molar refractivity (Wildman–Crippen MR) is 85.1 cm³/mol. The fraction of sp³-hybridized carbons (Fsp3) is 0.400. The summed E-state index contributed by atoms with van der Waals surface area (Å²) < 4.78 is 11.2. The van der Waals surface area contributed by atoms with E-state index in [4.69, 9.17) is 9.47 Å². The molecule has 1 saturated heterocycles. The van der Waals surface area contributed by atoms with Gasteiger partial charge in [0.1, 0.15) is 29.5 Å². The van der Waals surface area contributed by atoms with Gasteiger partial charge in [-0.05, 0) is 0 Å². The van der Waals surface area contributed by atoms with Crippen LogP contribution in [0.3, 0.4) is 0 Å². The van der Waals surface area contributed by atoms with Crippen molar-refractivity contribution in [2.45, 2.75) is 0 Å². The van der Waals surface area contributed by atoms with Crippen molar-refractivity contribution in [1.82, 2.24) is 20.2 Å². The van der Waals surface area contributed by atoms with E-state index in [1.165, 1.54) is 17.5 Å². The van der Waals surface area contributed by atoms with Gasteiger partial charge in [0.05, 0.1) is 12.4 Å². The Kier molecular flexibility index (Phi) is 3.84. The van der Waals surface area contributed by atoms with Gasteiger partial charge < -0.3 is 19.7 Å². The SMILES string of the molecule is O=C(c1cnc(-c2scc3c2OCCO3)cn1)N1CCNCC1. The summed E-state index contributed by atoms with van der Waals surface area (Å²) in [6.45, 7) is 4.13. The number of nitrogens with one attached hydrogen (secondary N) is 1. The molecule has 0 radical (unpaired) electrons. The molecule has 0 atom stereocenters. The van der Waals surface area contributed by atoms with Crippen LogP contribution in [0, 0.1) is 0 Å². The summed E-state index contributed by atoms with van der Waals surface area (Å²) >= 11 is 1.50. The number of carbonyl (C=O) groups excluding carboxylic acids is 1. The standard InChI is InChI=1S/C15H16N4O3S/c20-15(19-3-1-16-2-4-19)11-8-17-10(7-18-11)14-13-12(9-23-14)21-5-6-22-13/h7-9,16H,1-6H2. The number of amides is 1. The molecule has 2 aromatic rings. The lowest BCUT2D eigenvalue weighted by Gasteiger charge is -2.26. The molecule has 8 heteroatoms. The lowest BCUT2D eigenvalue weighted by Crippen LogP contribution is -2.46. The highest BCUT2D eigenvalue weighted by atomic mass is 32.1. The van der Waals surface area contributed by atoms with Gasteiger partial charge in [-0.3, -0.25) is 9.78 Å². The van der Waals surface area contributed by atoms with E-state index in [0.29, 0.717) is 37.7 Å². The van der Waals surface area contributed by atoms with Crippen LogP contribution >= 0.6 is 11.3 Å². The highest BCUT2D eigenvalue weighted by molar-refractivity contribution is 7.14. The van der Waals surface area contributed by atoms with Crippen LogP contribution in [0.5, 0.6) is 11.5 Å². The number of nitrogens with zero attached hydrogens (tertiary/aromatic N) is 3. The Morgan fingerprint density at radius 1 is 1.17 bits per heavy atom. The van der Waals surface area contributed by atoms with E-state index in [1.54, 1.807) is 11.1 Å². The molecule has 2 aliphatic heterocycles. The molecule has 0 aliphatic carbocycles. The third kappa shape index (κ3) is 2.75. The average Bonchev–Trinajstić information content (AvgIpc) is 3.06. The first kappa shape index (κ1) is 14.4. The second kappa shape index (κ2) is 6.13. The van der Waals surface area contributed by atoms with Crippen LogP contribution in [0.15, 0.2) is 17.8 Å². The second-order valence-corrected chi connectivity index (χ2v) is 6.16. The van der Waals surface area contributed by atoms with Crippen LogP contribution in [-0.2, 0) is 0 Å². The number of aromatic nitrogens is 2. The summed E-state index contributed by atoms with van der Waals surface area (Å²) in [5, 5.41) is 5.13. The minimum absolute atomic E-state index is 0.0710. The fourth-order valence-electron chi connectivity index (χ4n) is 2.63. The quantitative estimate of drug-likeness (QED) is 0.885. The zero-order valence-electron chi connectivity index (χ0n) is 12.4. The Labute approximate surface area is 137 Å². The monoisotopic (exact) mass is 332 g/mol. The molecule has 2 aliphatic rings. The molecule has 0 unspecified atom stereocenters. The first-order chi connectivity index (χ1) is 11.3. The smallest absolute Gasteiger partial charge is 0.274 e. The van der Waals surface area contributed by atoms with Crippen molar-refractivity contribution in [3.8, 4) is 22.1 Å². The third-order valence-corrected chi connectivity index (χ3v) is 4.77. The number of piperazine rings is 1. The van der Waals surface area contributed by atoms with Gasteiger partial charge in [-0.1, -0.05) is 0 Å². The summed E-state index contributed by atoms with van der Waals surface area (Å²) in [5.41, 5.74) is 1.07. The normalized spacial score (nSPS) is 17.1. The molecule has 0 saturated carbocycles. The molecule has 1 N–H and O–H groups in total. The van der Waals surface area contributed by atoms with Crippen molar-refractivity contribution in [3.63, 3.8) is 0 Å². The first-order valence-corrected chi connectivity index (χ1v) is 8.40. The van der Waals surface area contributed by atoms with Gasteiger partial charge in [-0.2, -0.15) is 0 Å². The second-order valence-electron chi connectivity index (χ2n) is 5.28. The van der Waals surface area contributed by atoms with E-state index in [-0.39, 0.29) is 5.91 Å². The summed E-state index contributed by atoms with van der Waals surface area (Å²) in [5.74, 6) is 1.40. The number of hydrogen-bond donors (Lipinski definition) is 1. The number of carbonyl (C=O) groups is 1. The highest BCUT2D eigenvalue weighted by Crippen LogP contribution is 2.44. The maximum atomic E-state index is 12.4. The molecule has 4 heterocycles. The topological polar surface area (TPSA) is 76.6 Å². The predicted octanol–water partition coefficient (Wildman–Crippen LogP) is 1.02. The fourth-order valence-corrected chi connectivity index (χ4v) is 3.52. The van der Waals surface area contributed by atoms with E-state index in [1.807, 2.05) is 5.38 Å². The lowest BCUT2D eigenvalue weighted by atomic mass is 10.3. The van der Waals surface area contributed by atoms with Crippen LogP contribution in [0.25, 0.3) is 10.6 Å². The Balaban J connectivity index is 1.56. The number of hydrogen-bond acceptors (Lipinski definition) is 7. The van der Waals surface area contributed by atoms with Crippen molar-refractivity contribution in [1.29, 1.82) is 0 Å². The van der Waals surface area contributed by atoms with Gasteiger partial charge in [0.25, 0.3) is 5.91 Å². The summed E-state index contributed by atoms with van der Waals surface area (Å²) in [4.78, 5) is 23.8. The summed E-state index contributed by atoms with van der Waals surface area (Å²) in [7, 11) is 0. The van der Waals surface area contributed by atoms with E-state index in [0.717, 1.165) is 29.5 Å². The molecule has 1 fully saturated rings. The van der Waals surface area contributed by atoms with Crippen molar-refractivity contribution in [3.05, 3.63) is 23.5 Å². The minimum Gasteiger partial charge on any atom is -0.485 e. The highest BCUT2D eigenvalue weighted by Gasteiger charge is 2.22. The maximum Gasteiger partial charge on any atom is 0.274 e. The summed E-state index contributed by atoms with van der Waals surface area (Å²) in [6, 6.07) is 0. The van der Waals surface area contributed by atoms with Crippen molar-refractivity contribution >= 4 is 17.2 Å². The van der Waals surface area contributed by atoms with Crippen LogP contribution in [-0.4, -0.2) is 60.2 Å². The molecular weight excluding hydrogens is 316 g/mol. The molecule has 4 rings (SSSR count). The Bertz CT molecular complexity index is 710. The Morgan fingerprint density at radius 3 is 2.78 bits per heavy atom. The van der Waals surface area contributed by atoms with Crippen molar-refractivity contribution in [2.75, 3.05) is 39.4 Å². The number of thiophene rings is 1. The molecule has 23 heavy (non-hydrogen) atoms. The number of rotatable bonds is 2. The molecule has 7 nitrogen and oxygen atoms in total. The molecule has 2 aromatic heterocycles. The molecule has 0 spiro atoms. The van der Waals surface area contributed by atoms with E-state index < -0.39 is 0 Å². The zero-order valence-corrected chi connectivity index (χ0v) is 13.3. The summed E-state index contributed by atoms with van der Waals surface area (Å²) in [6.07, 6.45) is 3.16. The lowest BCUT2D eigenvalue weighted by molar-refractivity contribution is 0.0729. The molecular formula is C15H16N4O3S. The van der Waals surface area contributed by atoms with Gasteiger partial charge in [0.15, 0.2) is 11.5 Å². The van der Waals surface area contributed by atoms with Gasteiger partial charge in [0.2, 0.25) is 0 Å². The van der Waals surface area contributed by atoms with Crippen LogP contribution in [0.4, 0.5) is 0 Å². The van der Waals surface area contributed by atoms with E-state index in [2.05, 4.69) is 15.3 Å². The molecule has 1 amide bonds.